The molecule has 3 aromatic carbocycles. The van der Waals surface area contributed by atoms with Crippen molar-refractivity contribution in [3.05, 3.63) is 104 Å². The Morgan fingerprint density at radius 3 is 2.24 bits per heavy atom. The topological polar surface area (TPSA) is 90.1 Å². The lowest BCUT2D eigenvalue weighted by molar-refractivity contribution is 0.0925. The molecule has 5 rings (SSSR count). The molecule has 1 aliphatic heterocycles. The zero-order valence-corrected chi connectivity index (χ0v) is 18.5. The van der Waals surface area contributed by atoms with Crippen LogP contribution < -0.4 is 10.6 Å². The molecule has 2 amide bonds. The predicted octanol–water partition coefficient (Wildman–Crippen LogP) is 3.80. The molecule has 9 heteroatoms. The van der Waals surface area contributed by atoms with Crippen LogP contribution >= 0.6 is 11.6 Å². The highest BCUT2D eigenvalue weighted by Crippen LogP contribution is 2.35. The molecular formula is C24H18ClN5O3. The normalized spacial score (nSPS) is 14.0. The largest absolute Gasteiger partial charge is 0.369 e. The van der Waals surface area contributed by atoms with Crippen molar-refractivity contribution >= 4 is 29.1 Å². The van der Waals surface area contributed by atoms with Crippen molar-refractivity contribution in [2.24, 2.45) is 0 Å². The maximum Gasteiger partial charge on any atom is 0.369 e. The number of hydrogen-bond acceptors (Lipinski definition) is 5. The second-order valence-electron chi connectivity index (χ2n) is 7.75. The van der Waals surface area contributed by atoms with Crippen LogP contribution in [-0.2, 0) is 0 Å². The summed E-state index contributed by atoms with van der Waals surface area (Å²) < 4.78 is 2.32. The van der Waals surface area contributed by atoms with E-state index >= 15 is 0 Å². The number of hydrogen-bond donors (Lipinski definition) is 0. The number of anilines is 1. The van der Waals surface area contributed by atoms with Gasteiger partial charge in [-0.15, -0.1) is 0 Å². The van der Waals surface area contributed by atoms with E-state index in [-0.39, 0.29) is 5.91 Å². The molecule has 1 aliphatic rings. The van der Waals surface area contributed by atoms with Gasteiger partial charge >= 0.3 is 5.69 Å². The Morgan fingerprint density at radius 1 is 0.818 bits per heavy atom. The van der Waals surface area contributed by atoms with Gasteiger partial charge in [-0.25, -0.2) is 9.69 Å². The highest BCUT2D eigenvalue weighted by atomic mass is 35.5. The van der Waals surface area contributed by atoms with Crippen LogP contribution in [0.25, 0.3) is 5.69 Å². The lowest BCUT2D eigenvalue weighted by Crippen LogP contribution is -2.32. The number of carbonyl (C=O) groups excluding carboxylic acids is 2. The Kier molecular flexibility index (Phi) is 4.94. The van der Waals surface area contributed by atoms with E-state index < -0.39 is 17.6 Å². The molecule has 1 atom stereocenters. The predicted molar refractivity (Wildman–Crippen MR) is 123 cm³/mol. The van der Waals surface area contributed by atoms with Gasteiger partial charge in [-0.1, -0.05) is 54.1 Å². The van der Waals surface area contributed by atoms with Crippen LogP contribution in [0.3, 0.4) is 0 Å². The fourth-order valence-corrected chi connectivity index (χ4v) is 4.34. The monoisotopic (exact) mass is 459 g/mol. The fraction of sp³-hybridized carbons (Fsp3) is 0.125. The van der Waals surface area contributed by atoms with Crippen LogP contribution in [0.1, 0.15) is 44.8 Å². The van der Waals surface area contributed by atoms with Gasteiger partial charge in [-0.05, 0) is 54.1 Å². The van der Waals surface area contributed by atoms with E-state index in [1.807, 2.05) is 0 Å². The first kappa shape index (κ1) is 20.8. The molecule has 4 aromatic rings. The van der Waals surface area contributed by atoms with Crippen molar-refractivity contribution in [3.8, 4) is 5.69 Å². The summed E-state index contributed by atoms with van der Waals surface area (Å²) in [6.45, 7) is 3.56. The van der Waals surface area contributed by atoms with E-state index in [0.717, 1.165) is 15.1 Å². The number of nitrogens with zero attached hydrogens (tertiary/aromatic N) is 5. The molecule has 0 radical (unpaired) electrons. The van der Waals surface area contributed by atoms with Gasteiger partial charge in [0.2, 0.25) is 0 Å². The van der Waals surface area contributed by atoms with Gasteiger partial charge < -0.3 is 0 Å². The average Bonchev–Trinajstić information content (AvgIpc) is 3.31. The van der Waals surface area contributed by atoms with Crippen molar-refractivity contribution < 1.29 is 9.59 Å². The van der Waals surface area contributed by atoms with Crippen molar-refractivity contribution in [1.82, 2.24) is 19.8 Å². The molecule has 33 heavy (non-hydrogen) atoms. The van der Waals surface area contributed by atoms with Gasteiger partial charge in [-0.3, -0.25) is 9.59 Å². The third-order valence-corrected chi connectivity index (χ3v) is 6.12. The summed E-state index contributed by atoms with van der Waals surface area (Å²) in [5, 5.41) is 8.38. The van der Waals surface area contributed by atoms with E-state index in [0.29, 0.717) is 33.1 Å². The minimum Gasteiger partial charge on any atom is -0.268 e. The van der Waals surface area contributed by atoms with Gasteiger partial charge in [-0.2, -0.15) is 9.36 Å². The van der Waals surface area contributed by atoms with Crippen molar-refractivity contribution in [2.45, 2.75) is 19.9 Å². The van der Waals surface area contributed by atoms with Crippen LogP contribution in [-0.4, -0.2) is 31.6 Å². The third kappa shape index (κ3) is 3.18. The van der Waals surface area contributed by atoms with Crippen molar-refractivity contribution in [3.63, 3.8) is 0 Å². The Balaban J connectivity index is 1.58. The number of fused-ring (bicyclic) bond motifs is 1. The minimum atomic E-state index is -0.615. The molecule has 0 spiro atoms. The SMILES string of the molecule is Cc1cccc2c1C(=O)N(c1ccccc1C(C)n1nnn(-c3ccccc3Cl)c1=O)C2=O. The number of aryl methyl sites for hydroxylation is 1. The second kappa shape index (κ2) is 7.83. The van der Waals surface area contributed by atoms with E-state index in [4.69, 9.17) is 11.6 Å². The average molecular weight is 460 g/mol. The molecule has 0 bridgehead atoms. The Morgan fingerprint density at radius 2 is 1.52 bits per heavy atom. The molecule has 1 unspecified atom stereocenters. The lowest BCUT2D eigenvalue weighted by atomic mass is 10.0. The van der Waals surface area contributed by atoms with Crippen molar-refractivity contribution in [2.75, 3.05) is 4.90 Å². The molecular weight excluding hydrogens is 442 g/mol. The van der Waals surface area contributed by atoms with Gasteiger partial charge in [0.25, 0.3) is 11.8 Å². The highest BCUT2D eigenvalue weighted by molar-refractivity contribution is 6.35. The van der Waals surface area contributed by atoms with Crippen LogP contribution in [0.5, 0.6) is 0 Å². The van der Waals surface area contributed by atoms with E-state index in [1.54, 1.807) is 80.6 Å². The van der Waals surface area contributed by atoms with Crippen LogP contribution in [0, 0.1) is 6.92 Å². The highest BCUT2D eigenvalue weighted by Gasteiger charge is 2.39. The standard InChI is InChI=1S/C24H18ClN5O3/c1-14-8-7-10-17-21(14)23(32)28(22(17)31)19-12-5-3-9-16(19)15(2)29-24(33)30(27-26-29)20-13-6-4-11-18(20)25/h3-13,15H,1-2H3. The van der Waals surface area contributed by atoms with Crippen LogP contribution in [0.4, 0.5) is 5.69 Å². The molecule has 1 aromatic heterocycles. The summed E-state index contributed by atoms with van der Waals surface area (Å²) in [5.41, 5.74) is 2.39. The number of imide groups is 1. The third-order valence-electron chi connectivity index (χ3n) is 5.80. The summed E-state index contributed by atoms with van der Waals surface area (Å²) in [5.74, 6) is -0.787. The minimum absolute atomic E-state index is 0.362. The number of aromatic nitrogens is 4. The van der Waals surface area contributed by atoms with Crippen LogP contribution in [0.2, 0.25) is 5.02 Å². The molecule has 0 saturated carbocycles. The van der Waals surface area contributed by atoms with E-state index in [2.05, 4.69) is 10.4 Å². The van der Waals surface area contributed by atoms with E-state index in [1.165, 1.54) is 4.68 Å². The summed E-state index contributed by atoms with van der Waals surface area (Å²) in [6, 6.07) is 18.4. The van der Waals surface area contributed by atoms with Crippen LogP contribution in [0.15, 0.2) is 71.5 Å². The maximum absolute atomic E-state index is 13.2. The maximum atomic E-state index is 13.2. The number of carbonyl (C=O) groups is 2. The Hall–Kier alpha value is -4.04. The smallest absolute Gasteiger partial charge is 0.268 e. The van der Waals surface area contributed by atoms with Gasteiger partial charge in [0.15, 0.2) is 0 Å². The summed E-state index contributed by atoms with van der Waals surface area (Å²) in [6.07, 6.45) is 0. The zero-order valence-electron chi connectivity index (χ0n) is 17.8. The number of rotatable bonds is 4. The first-order chi connectivity index (χ1) is 15.9. The first-order valence-corrected chi connectivity index (χ1v) is 10.6. The number of amides is 2. The number of para-hydroxylation sites is 2. The van der Waals surface area contributed by atoms with Gasteiger partial charge in [0.1, 0.15) is 0 Å². The summed E-state index contributed by atoms with van der Waals surface area (Å²) in [7, 11) is 0. The van der Waals surface area contributed by atoms with Crippen molar-refractivity contribution in [1.29, 1.82) is 0 Å². The molecule has 0 saturated heterocycles. The molecule has 2 heterocycles. The quantitative estimate of drug-likeness (QED) is 0.433. The second-order valence-corrected chi connectivity index (χ2v) is 8.15. The summed E-state index contributed by atoms with van der Waals surface area (Å²) >= 11 is 6.22. The Bertz CT molecular complexity index is 1490. The van der Waals surface area contributed by atoms with Gasteiger partial charge in [0.05, 0.1) is 33.6 Å². The molecule has 0 aliphatic carbocycles. The molecule has 0 fully saturated rings. The Labute approximate surface area is 193 Å². The molecule has 164 valence electrons. The fourth-order valence-electron chi connectivity index (χ4n) is 4.12. The number of halogens is 1. The molecule has 8 nitrogen and oxygen atoms in total. The molecule has 0 N–H and O–H groups in total. The summed E-state index contributed by atoms with van der Waals surface area (Å²) in [4.78, 5) is 40.7. The lowest BCUT2D eigenvalue weighted by Gasteiger charge is -2.21. The number of tetrazole rings is 1. The number of benzene rings is 3. The zero-order chi connectivity index (χ0) is 23.3. The van der Waals surface area contributed by atoms with E-state index in [9.17, 15) is 14.4 Å². The first-order valence-electron chi connectivity index (χ1n) is 10.3. The van der Waals surface area contributed by atoms with Gasteiger partial charge in [0, 0.05) is 5.56 Å².